The van der Waals surface area contributed by atoms with Gasteiger partial charge in [0.2, 0.25) is 0 Å². The van der Waals surface area contributed by atoms with E-state index in [0.717, 1.165) is 26.2 Å². The zero-order chi connectivity index (χ0) is 15.2. The van der Waals surface area contributed by atoms with Gasteiger partial charge in [0.05, 0.1) is 0 Å². The quantitative estimate of drug-likeness (QED) is 0.516. The molecular formula is C16H16BrFO2S. The molecule has 112 valence electrons. The van der Waals surface area contributed by atoms with Gasteiger partial charge >= 0.3 is 0 Å². The molecule has 0 N–H and O–H groups in total. The highest BCUT2D eigenvalue weighted by Crippen LogP contribution is 2.28. The molecule has 2 nitrogen and oxygen atoms in total. The number of benzene rings is 2. The molecule has 0 amide bonds. The smallest absolute Gasteiger partial charge is 0.183 e. The molecule has 2 aromatic carbocycles. The fourth-order valence-electron chi connectivity index (χ4n) is 1.89. The number of thioether (sulfide) groups is 1. The van der Waals surface area contributed by atoms with Crippen molar-refractivity contribution in [2.24, 2.45) is 0 Å². The Bertz CT molecular complexity index is 585. The lowest BCUT2D eigenvalue weighted by Gasteiger charge is -2.13. The first-order valence-corrected chi connectivity index (χ1v) is 8.14. The van der Waals surface area contributed by atoms with Crippen LogP contribution in [0.3, 0.4) is 0 Å². The first-order chi connectivity index (χ1) is 10.1. The molecule has 0 heterocycles. The maximum atomic E-state index is 13.0. The first-order valence-electron chi connectivity index (χ1n) is 6.36. The predicted molar refractivity (Wildman–Crippen MR) is 86.9 cm³/mol. The van der Waals surface area contributed by atoms with Crippen LogP contribution in [-0.2, 0) is 15.2 Å². The summed E-state index contributed by atoms with van der Waals surface area (Å²) in [6, 6.07) is 12.8. The molecule has 0 bridgehead atoms. The second-order valence-electron chi connectivity index (χ2n) is 4.40. The van der Waals surface area contributed by atoms with E-state index >= 15 is 0 Å². The van der Waals surface area contributed by atoms with Gasteiger partial charge in [-0.3, -0.25) is 0 Å². The van der Waals surface area contributed by atoms with Crippen molar-refractivity contribution in [1.82, 2.24) is 0 Å². The van der Waals surface area contributed by atoms with E-state index in [4.69, 9.17) is 9.47 Å². The second kappa shape index (κ2) is 7.94. The van der Waals surface area contributed by atoms with Crippen molar-refractivity contribution in [1.29, 1.82) is 0 Å². The third kappa shape index (κ3) is 4.54. The van der Waals surface area contributed by atoms with Gasteiger partial charge in [-0.2, -0.15) is 0 Å². The van der Waals surface area contributed by atoms with E-state index in [-0.39, 0.29) is 12.1 Å². The third-order valence-corrected chi connectivity index (χ3v) is 4.79. The van der Waals surface area contributed by atoms with Crippen molar-refractivity contribution in [2.75, 3.05) is 14.2 Å². The van der Waals surface area contributed by atoms with Gasteiger partial charge in [0.25, 0.3) is 0 Å². The Morgan fingerprint density at radius 1 is 1.10 bits per heavy atom. The molecule has 0 radical (unpaired) electrons. The van der Waals surface area contributed by atoms with Crippen LogP contribution in [0.25, 0.3) is 0 Å². The largest absolute Gasteiger partial charge is 0.352 e. The fourth-order valence-corrected chi connectivity index (χ4v) is 3.47. The second-order valence-corrected chi connectivity index (χ2v) is 6.30. The van der Waals surface area contributed by atoms with Crippen LogP contribution in [0, 0.1) is 5.82 Å². The number of ether oxygens (including phenoxy) is 2. The highest BCUT2D eigenvalue weighted by Gasteiger charge is 2.08. The molecule has 2 aromatic rings. The minimum Gasteiger partial charge on any atom is -0.352 e. The van der Waals surface area contributed by atoms with E-state index in [9.17, 15) is 4.39 Å². The average molecular weight is 371 g/mol. The van der Waals surface area contributed by atoms with Crippen LogP contribution < -0.4 is 0 Å². The minimum atomic E-state index is -0.338. The maximum absolute atomic E-state index is 13.0. The maximum Gasteiger partial charge on any atom is 0.183 e. The first kappa shape index (κ1) is 16.5. The molecule has 0 aliphatic heterocycles. The number of methoxy groups -OCH3 is 2. The Labute approximate surface area is 136 Å². The third-order valence-electron chi connectivity index (χ3n) is 2.99. The SMILES string of the molecule is COC(OC)c1ccc(SCc2ccc(F)cc2Br)cc1. The van der Waals surface area contributed by atoms with Gasteiger partial charge < -0.3 is 9.47 Å². The van der Waals surface area contributed by atoms with Crippen LogP contribution in [0.1, 0.15) is 17.4 Å². The van der Waals surface area contributed by atoms with E-state index in [1.807, 2.05) is 24.3 Å². The zero-order valence-electron chi connectivity index (χ0n) is 11.8. The van der Waals surface area contributed by atoms with Gasteiger partial charge in [-0.15, -0.1) is 11.8 Å². The lowest BCUT2D eigenvalue weighted by Crippen LogP contribution is -2.02. The highest BCUT2D eigenvalue weighted by atomic mass is 79.9. The van der Waals surface area contributed by atoms with Gasteiger partial charge in [-0.25, -0.2) is 4.39 Å². The molecule has 2 rings (SSSR count). The molecule has 0 spiro atoms. The van der Waals surface area contributed by atoms with E-state index < -0.39 is 0 Å². The Morgan fingerprint density at radius 3 is 2.33 bits per heavy atom. The van der Waals surface area contributed by atoms with Crippen LogP contribution in [0.2, 0.25) is 0 Å². The fraction of sp³-hybridized carbons (Fsp3) is 0.250. The van der Waals surface area contributed by atoms with Crippen molar-refractivity contribution < 1.29 is 13.9 Å². The van der Waals surface area contributed by atoms with Crippen LogP contribution in [0.15, 0.2) is 51.8 Å². The lowest BCUT2D eigenvalue weighted by atomic mass is 10.2. The molecule has 0 unspecified atom stereocenters. The van der Waals surface area contributed by atoms with Gasteiger partial charge in [0, 0.05) is 34.9 Å². The molecular weight excluding hydrogens is 355 g/mol. The molecule has 5 heteroatoms. The molecule has 0 saturated carbocycles. The molecule has 0 aromatic heterocycles. The molecule has 0 aliphatic carbocycles. The Balaban J connectivity index is 2.00. The summed E-state index contributed by atoms with van der Waals surface area (Å²) < 4.78 is 24.3. The number of halogens is 2. The normalized spacial score (nSPS) is 11.1. The van der Waals surface area contributed by atoms with Crippen LogP contribution in [-0.4, -0.2) is 14.2 Å². The summed E-state index contributed by atoms with van der Waals surface area (Å²) in [7, 11) is 3.23. The summed E-state index contributed by atoms with van der Waals surface area (Å²) in [5.74, 6) is 0.545. The number of hydrogen-bond acceptors (Lipinski definition) is 3. The van der Waals surface area contributed by atoms with E-state index in [1.165, 1.54) is 12.1 Å². The van der Waals surface area contributed by atoms with E-state index in [1.54, 1.807) is 32.0 Å². The number of rotatable bonds is 6. The number of hydrogen-bond donors (Lipinski definition) is 0. The highest BCUT2D eigenvalue weighted by molar-refractivity contribution is 9.10. The average Bonchev–Trinajstić information content (AvgIpc) is 2.49. The van der Waals surface area contributed by atoms with Crippen molar-refractivity contribution >= 4 is 27.7 Å². The summed E-state index contributed by atoms with van der Waals surface area (Å²) in [4.78, 5) is 1.14. The predicted octanol–water partition coefficient (Wildman–Crippen LogP) is 5.17. The van der Waals surface area contributed by atoms with Crippen LogP contribution in [0.4, 0.5) is 4.39 Å². The summed E-state index contributed by atoms with van der Waals surface area (Å²) >= 11 is 5.08. The molecule has 0 aliphatic rings. The van der Waals surface area contributed by atoms with E-state index in [0.29, 0.717) is 0 Å². The van der Waals surface area contributed by atoms with Gasteiger partial charge in [-0.05, 0) is 29.8 Å². The lowest BCUT2D eigenvalue weighted by molar-refractivity contribution is -0.106. The van der Waals surface area contributed by atoms with Crippen molar-refractivity contribution in [3.8, 4) is 0 Å². The topological polar surface area (TPSA) is 18.5 Å². The standard InChI is InChI=1S/C16H16BrFO2S/c1-19-16(20-2)11-4-7-14(8-5-11)21-10-12-3-6-13(18)9-15(12)17/h3-9,16H,10H2,1-2H3. The molecule has 0 fully saturated rings. The molecule has 0 saturated heterocycles. The van der Waals surface area contributed by atoms with E-state index in [2.05, 4.69) is 15.9 Å². The van der Waals surface area contributed by atoms with Crippen LogP contribution in [0.5, 0.6) is 0 Å². The van der Waals surface area contributed by atoms with Crippen molar-refractivity contribution in [3.63, 3.8) is 0 Å². The monoisotopic (exact) mass is 370 g/mol. The summed E-state index contributed by atoms with van der Waals surface area (Å²) in [6.45, 7) is 0. The Kier molecular flexibility index (Phi) is 6.23. The van der Waals surface area contributed by atoms with Gasteiger partial charge in [0.1, 0.15) is 5.82 Å². The van der Waals surface area contributed by atoms with Gasteiger partial charge in [-0.1, -0.05) is 34.1 Å². The Morgan fingerprint density at radius 2 is 1.76 bits per heavy atom. The minimum absolute atomic E-state index is 0.231. The Hall–Kier alpha value is -0.880. The van der Waals surface area contributed by atoms with Crippen molar-refractivity contribution in [2.45, 2.75) is 16.9 Å². The van der Waals surface area contributed by atoms with Crippen molar-refractivity contribution in [3.05, 3.63) is 63.9 Å². The zero-order valence-corrected chi connectivity index (χ0v) is 14.2. The van der Waals surface area contributed by atoms with Gasteiger partial charge in [0.15, 0.2) is 6.29 Å². The summed E-state index contributed by atoms with van der Waals surface area (Å²) in [6.07, 6.45) is -0.338. The molecule has 21 heavy (non-hydrogen) atoms. The summed E-state index contributed by atoms with van der Waals surface area (Å²) in [5.41, 5.74) is 2.05. The van der Waals surface area contributed by atoms with Crippen LogP contribution >= 0.6 is 27.7 Å². The molecule has 0 atom stereocenters. The summed E-state index contributed by atoms with van der Waals surface area (Å²) in [5, 5.41) is 0.